The molecular weight excluding hydrogens is 344 g/mol. The number of rotatable bonds is 5. The lowest BCUT2D eigenvalue weighted by Gasteiger charge is -2.35. The van der Waals surface area contributed by atoms with Crippen molar-refractivity contribution in [2.45, 2.75) is 30.3 Å². The van der Waals surface area contributed by atoms with Crippen LogP contribution in [-0.4, -0.2) is 46.2 Å². The van der Waals surface area contributed by atoms with Gasteiger partial charge in [-0.25, -0.2) is 13.1 Å². The first-order chi connectivity index (χ1) is 8.48. The summed E-state index contributed by atoms with van der Waals surface area (Å²) >= 11 is 8.84. The predicted octanol–water partition coefficient (Wildman–Crippen LogP) is 1.36. The molecule has 0 bridgehead atoms. The molecule has 1 aromatic rings. The topological polar surface area (TPSA) is 68.1 Å². The Kier molecular flexibility index (Phi) is 4.30. The van der Waals surface area contributed by atoms with E-state index in [9.17, 15) is 8.42 Å². The Morgan fingerprint density at radius 1 is 1.56 bits per heavy atom. The van der Waals surface area contributed by atoms with Crippen LogP contribution in [0.3, 0.4) is 0 Å². The lowest BCUT2D eigenvalue weighted by atomic mass is 9.93. The molecule has 0 atom stereocenters. The number of hydrogen-bond acceptors (Lipinski definition) is 4. The van der Waals surface area contributed by atoms with Crippen LogP contribution in [0.25, 0.3) is 0 Å². The zero-order valence-corrected chi connectivity index (χ0v) is 13.0. The van der Waals surface area contributed by atoms with Crippen LogP contribution in [-0.2, 0) is 17.1 Å². The third kappa shape index (κ3) is 2.43. The van der Waals surface area contributed by atoms with Crippen molar-refractivity contribution in [3.63, 3.8) is 0 Å². The lowest BCUT2D eigenvalue weighted by molar-refractivity contribution is 0.226. The van der Waals surface area contributed by atoms with Crippen molar-refractivity contribution in [2.24, 2.45) is 7.05 Å². The summed E-state index contributed by atoms with van der Waals surface area (Å²) < 4.78 is 28.2. The number of sulfonamides is 1. The van der Waals surface area contributed by atoms with Gasteiger partial charge in [-0.2, -0.15) is 4.31 Å². The molecule has 1 aliphatic carbocycles. The second kappa shape index (κ2) is 5.44. The first-order valence-electron chi connectivity index (χ1n) is 5.61. The van der Waals surface area contributed by atoms with E-state index in [0.717, 1.165) is 19.3 Å². The molecular formula is C9H14BrClN4O2S. The van der Waals surface area contributed by atoms with Crippen molar-refractivity contribution in [2.75, 3.05) is 12.4 Å². The Hall–Kier alpha value is -0.180. The van der Waals surface area contributed by atoms with Gasteiger partial charge in [0.05, 0.1) is 0 Å². The van der Waals surface area contributed by atoms with Crippen molar-refractivity contribution < 1.29 is 8.42 Å². The van der Waals surface area contributed by atoms with Gasteiger partial charge in [0.25, 0.3) is 10.0 Å². The molecule has 2 rings (SSSR count). The Labute approximate surface area is 119 Å². The molecule has 18 heavy (non-hydrogen) atoms. The number of alkyl halides is 1. The maximum atomic E-state index is 12.6. The van der Waals surface area contributed by atoms with Gasteiger partial charge in [-0.3, -0.25) is 0 Å². The van der Waals surface area contributed by atoms with Gasteiger partial charge in [-0.1, -0.05) is 11.6 Å². The van der Waals surface area contributed by atoms with Crippen LogP contribution in [0.5, 0.6) is 0 Å². The summed E-state index contributed by atoms with van der Waals surface area (Å²) in [5, 5.41) is 7.51. The molecule has 0 saturated heterocycles. The van der Waals surface area contributed by atoms with E-state index in [-0.39, 0.29) is 21.6 Å². The molecule has 1 aromatic heterocycles. The minimum absolute atomic E-state index is 0.0514. The quantitative estimate of drug-likeness (QED) is 0.746. The second-order valence-electron chi connectivity index (χ2n) is 4.20. The maximum absolute atomic E-state index is 12.6. The smallest absolute Gasteiger partial charge is 0.235 e. The van der Waals surface area contributed by atoms with Gasteiger partial charge in [0.15, 0.2) is 4.60 Å². The predicted molar refractivity (Wildman–Crippen MR) is 71.0 cm³/mol. The van der Waals surface area contributed by atoms with E-state index in [2.05, 4.69) is 26.2 Å². The SMILES string of the molecule is Cn1nnc(Br)c1S(=O)(=O)N(CCCl)C1CCC1. The third-order valence-electron chi connectivity index (χ3n) is 3.08. The van der Waals surface area contributed by atoms with Crippen LogP contribution in [0, 0.1) is 0 Å². The van der Waals surface area contributed by atoms with Crippen molar-refractivity contribution >= 4 is 37.6 Å². The second-order valence-corrected chi connectivity index (χ2v) is 7.13. The van der Waals surface area contributed by atoms with Gasteiger partial charge in [0.2, 0.25) is 5.03 Å². The fraction of sp³-hybridized carbons (Fsp3) is 0.778. The molecule has 9 heteroatoms. The number of aromatic nitrogens is 3. The van der Waals surface area contributed by atoms with Gasteiger partial charge in [-0.15, -0.1) is 16.7 Å². The number of halogens is 2. The molecule has 0 radical (unpaired) electrons. The average Bonchev–Trinajstić information content (AvgIpc) is 2.55. The first kappa shape index (κ1) is 14.2. The minimum atomic E-state index is -3.60. The van der Waals surface area contributed by atoms with E-state index < -0.39 is 10.0 Å². The highest BCUT2D eigenvalue weighted by molar-refractivity contribution is 9.10. The molecule has 1 fully saturated rings. The zero-order chi connectivity index (χ0) is 13.3. The molecule has 1 aliphatic rings. The van der Waals surface area contributed by atoms with Crippen LogP contribution in [0.4, 0.5) is 0 Å². The Bertz CT molecular complexity index is 509. The summed E-state index contributed by atoms with van der Waals surface area (Å²) in [6.45, 7) is 0.312. The van der Waals surface area contributed by atoms with Crippen LogP contribution in [0.15, 0.2) is 9.63 Å². The highest BCUT2D eigenvalue weighted by atomic mass is 79.9. The van der Waals surface area contributed by atoms with Crippen LogP contribution in [0.2, 0.25) is 0 Å². The molecule has 1 heterocycles. The zero-order valence-electron chi connectivity index (χ0n) is 9.88. The largest absolute Gasteiger partial charge is 0.263 e. The van der Waals surface area contributed by atoms with Gasteiger partial charge < -0.3 is 0 Å². The minimum Gasteiger partial charge on any atom is -0.235 e. The molecule has 0 aromatic carbocycles. The van der Waals surface area contributed by atoms with Gasteiger partial charge in [-0.05, 0) is 28.8 Å². The molecule has 6 nitrogen and oxygen atoms in total. The fourth-order valence-electron chi connectivity index (χ4n) is 1.96. The highest BCUT2D eigenvalue weighted by Gasteiger charge is 2.37. The first-order valence-corrected chi connectivity index (χ1v) is 8.38. The molecule has 0 spiro atoms. The maximum Gasteiger partial charge on any atom is 0.263 e. The van der Waals surface area contributed by atoms with Gasteiger partial charge in [0, 0.05) is 25.5 Å². The van der Waals surface area contributed by atoms with Gasteiger partial charge in [0.1, 0.15) is 0 Å². The van der Waals surface area contributed by atoms with E-state index in [4.69, 9.17) is 11.6 Å². The van der Waals surface area contributed by atoms with Crippen molar-refractivity contribution in [1.82, 2.24) is 19.3 Å². The normalized spacial score (nSPS) is 17.1. The molecule has 0 amide bonds. The Morgan fingerprint density at radius 2 is 2.22 bits per heavy atom. The van der Waals surface area contributed by atoms with Crippen molar-refractivity contribution in [1.29, 1.82) is 0 Å². The van der Waals surface area contributed by atoms with E-state index in [1.54, 1.807) is 7.05 Å². The summed E-state index contributed by atoms with van der Waals surface area (Å²) in [7, 11) is -2.04. The third-order valence-corrected chi connectivity index (χ3v) is 6.09. The summed E-state index contributed by atoms with van der Waals surface area (Å²) in [6.07, 6.45) is 2.84. The number of aryl methyl sites for hydroxylation is 1. The molecule has 0 aliphatic heterocycles. The molecule has 1 saturated carbocycles. The average molecular weight is 358 g/mol. The van der Waals surface area contributed by atoms with Crippen molar-refractivity contribution in [3.8, 4) is 0 Å². The molecule has 102 valence electrons. The van der Waals surface area contributed by atoms with Crippen LogP contribution >= 0.6 is 27.5 Å². The Morgan fingerprint density at radius 3 is 2.61 bits per heavy atom. The summed E-state index contributed by atoms with van der Waals surface area (Å²) in [5.74, 6) is 0.276. The van der Waals surface area contributed by atoms with E-state index in [1.807, 2.05) is 0 Å². The van der Waals surface area contributed by atoms with E-state index in [1.165, 1.54) is 8.99 Å². The summed E-state index contributed by atoms with van der Waals surface area (Å²) in [4.78, 5) is 0. The van der Waals surface area contributed by atoms with E-state index >= 15 is 0 Å². The van der Waals surface area contributed by atoms with Crippen LogP contribution < -0.4 is 0 Å². The fourth-order valence-corrected chi connectivity index (χ4v) is 4.97. The molecule has 0 N–H and O–H groups in total. The van der Waals surface area contributed by atoms with Crippen molar-refractivity contribution in [3.05, 3.63) is 4.60 Å². The standard InChI is InChI=1S/C9H14BrClN4O2S/c1-14-9(8(10)12-13-14)18(16,17)15(6-5-11)7-3-2-4-7/h7H,2-6H2,1H3. The number of nitrogens with zero attached hydrogens (tertiary/aromatic N) is 4. The number of hydrogen-bond donors (Lipinski definition) is 0. The monoisotopic (exact) mass is 356 g/mol. The van der Waals surface area contributed by atoms with E-state index in [0.29, 0.717) is 6.54 Å². The molecule has 0 unspecified atom stereocenters. The highest BCUT2D eigenvalue weighted by Crippen LogP contribution is 2.31. The lowest BCUT2D eigenvalue weighted by Crippen LogP contribution is -2.45. The Balaban J connectivity index is 2.38. The summed E-state index contributed by atoms with van der Waals surface area (Å²) in [6, 6.07) is 0.0514. The van der Waals surface area contributed by atoms with Crippen LogP contribution in [0.1, 0.15) is 19.3 Å². The summed E-state index contributed by atoms with van der Waals surface area (Å²) in [5.41, 5.74) is 0. The van der Waals surface area contributed by atoms with Gasteiger partial charge >= 0.3 is 0 Å².